The van der Waals surface area contributed by atoms with E-state index in [0.717, 1.165) is 18.7 Å². The highest BCUT2D eigenvalue weighted by Gasteiger charge is 2.04. The summed E-state index contributed by atoms with van der Waals surface area (Å²) in [7, 11) is 1.85. The Morgan fingerprint density at radius 1 is 1.62 bits per heavy atom. The quantitative estimate of drug-likeness (QED) is 0.549. The summed E-state index contributed by atoms with van der Waals surface area (Å²) >= 11 is 0. The van der Waals surface area contributed by atoms with Gasteiger partial charge in [0.15, 0.2) is 0 Å². The average molecular weight is 181 g/mol. The van der Waals surface area contributed by atoms with Crippen LogP contribution in [0, 0.1) is 10.1 Å². The molecule has 0 saturated heterocycles. The predicted octanol–water partition coefficient (Wildman–Crippen LogP) is 0.752. The summed E-state index contributed by atoms with van der Waals surface area (Å²) in [5, 5.41) is 13.3. The van der Waals surface area contributed by atoms with Crippen molar-refractivity contribution in [2.45, 2.75) is 6.42 Å². The first kappa shape index (κ1) is 9.60. The first-order chi connectivity index (χ1) is 6.24. The fourth-order valence-electron chi connectivity index (χ4n) is 0.926. The summed E-state index contributed by atoms with van der Waals surface area (Å²) in [6, 6.07) is 3.15. The zero-order valence-electron chi connectivity index (χ0n) is 7.36. The Balaban J connectivity index is 2.64. The minimum absolute atomic E-state index is 0.0354. The molecular weight excluding hydrogens is 170 g/mol. The van der Waals surface area contributed by atoms with Crippen LogP contribution in [-0.4, -0.2) is 23.5 Å². The average Bonchev–Trinajstić information content (AvgIpc) is 2.15. The highest BCUT2D eigenvalue weighted by Crippen LogP contribution is 2.08. The van der Waals surface area contributed by atoms with Crippen LogP contribution in [-0.2, 0) is 6.42 Å². The van der Waals surface area contributed by atoms with Gasteiger partial charge in [-0.25, -0.2) is 0 Å². The zero-order valence-corrected chi connectivity index (χ0v) is 7.36. The number of aromatic nitrogens is 1. The van der Waals surface area contributed by atoms with Gasteiger partial charge in [-0.15, -0.1) is 0 Å². The van der Waals surface area contributed by atoms with Crippen molar-refractivity contribution in [3.05, 3.63) is 34.1 Å². The second-order valence-corrected chi connectivity index (χ2v) is 2.62. The number of pyridine rings is 1. The van der Waals surface area contributed by atoms with E-state index in [9.17, 15) is 10.1 Å². The first-order valence-corrected chi connectivity index (χ1v) is 3.98. The Morgan fingerprint density at radius 3 is 2.85 bits per heavy atom. The molecule has 1 aromatic rings. The van der Waals surface area contributed by atoms with Crippen LogP contribution >= 0.6 is 0 Å². The van der Waals surface area contributed by atoms with Gasteiger partial charge in [-0.05, 0) is 13.1 Å². The van der Waals surface area contributed by atoms with Gasteiger partial charge in [-0.1, -0.05) is 0 Å². The van der Waals surface area contributed by atoms with Crippen LogP contribution in [0.3, 0.4) is 0 Å². The zero-order chi connectivity index (χ0) is 9.68. The largest absolute Gasteiger partial charge is 0.319 e. The lowest BCUT2D eigenvalue weighted by atomic mass is 10.2. The van der Waals surface area contributed by atoms with Gasteiger partial charge in [0.05, 0.1) is 4.92 Å². The van der Waals surface area contributed by atoms with E-state index in [2.05, 4.69) is 10.3 Å². The Morgan fingerprint density at radius 2 is 2.38 bits per heavy atom. The van der Waals surface area contributed by atoms with Gasteiger partial charge < -0.3 is 5.32 Å². The molecule has 0 radical (unpaired) electrons. The maximum Gasteiger partial charge on any atom is 0.287 e. The van der Waals surface area contributed by atoms with Gasteiger partial charge >= 0.3 is 0 Å². The third kappa shape index (κ3) is 2.79. The van der Waals surface area contributed by atoms with E-state index in [1.54, 1.807) is 6.07 Å². The molecule has 5 heteroatoms. The van der Waals surface area contributed by atoms with Crippen LogP contribution in [0.15, 0.2) is 18.3 Å². The highest BCUT2D eigenvalue weighted by atomic mass is 16.6. The summed E-state index contributed by atoms with van der Waals surface area (Å²) in [5.74, 6) is 0. The number of nitrogens with one attached hydrogen (secondary N) is 1. The van der Waals surface area contributed by atoms with Crippen molar-refractivity contribution in [1.82, 2.24) is 10.3 Å². The molecule has 0 fully saturated rings. The predicted molar refractivity (Wildman–Crippen MR) is 48.5 cm³/mol. The van der Waals surface area contributed by atoms with Crippen LogP contribution in [0.2, 0.25) is 0 Å². The van der Waals surface area contributed by atoms with Crippen molar-refractivity contribution in [3.63, 3.8) is 0 Å². The monoisotopic (exact) mass is 181 g/mol. The van der Waals surface area contributed by atoms with Crippen molar-refractivity contribution in [1.29, 1.82) is 0 Å². The van der Waals surface area contributed by atoms with E-state index in [4.69, 9.17) is 0 Å². The molecule has 0 saturated carbocycles. The topological polar surface area (TPSA) is 68.1 Å². The number of nitrogens with zero attached hydrogens (tertiary/aromatic N) is 2. The van der Waals surface area contributed by atoms with Gasteiger partial charge in [0.2, 0.25) is 0 Å². The molecular formula is C8H11N3O2. The van der Waals surface area contributed by atoms with E-state index in [1.807, 2.05) is 7.05 Å². The maximum absolute atomic E-state index is 10.3. The molecule has 0 spiro atoms. The summed E-state index contributed by atoms with van der Waals surface area (Å²) < 4.78 is 0. The molecule has 1 rings (SSSR count). The van der Waals surface area contributed by atoms with Crippen molar-refractivity contribution in [2.24, 2.45) is 0 Å². The van der Waals surface area contributed by atoms with Crippen LogP contribution in [0.5, 0.6) is 0 Å². The van der Waals surface area contributed by atoms with Gasteiger partial charge in [-0.3, -0.25) is 15.1 Å². The molecule has 0 aromatic carbocycles. The fraction of sp³-hybridized carbons (Fsp3) is 0.375. The lowest BCUT2D eigenvalue weighted by molar-refractivity contribution is -0.385. The van der Waals surface area contributed by atoms with Crippen LogP contribution in [0.25, 0.3) is 0 Å². The Kier molecular flexibility index (Phi) is 3.33. The van der Waals surface area contributed by atoms with Gasteiger partial charge in [-0.2, -0.15) is 0 Å². The normalized spacial score (nSPS) is 9.92. The third-order valence-electron chi connectivity index (χ3n) is 1.65. The molecule has 0 aliphatic rings. The Bertz CT molecular complexity index is 284. The van der Waals surface area contributed by atoms with Gasteiger partial charge in [0.25, 0.3) is 5.69 Å². The SMILES string of the molecule is CNCCc1ccc([N+](=O)[O-])cn1. The Labute approximate surface area is 75.9 Å². The number of nitro groups is 1. The molecule has 1 heterocycles. The van der Waals surface area contributed by atoms with Crippen molar-refractivity contribution < 1.29 is 4.92 Å². The fourth-order valence-corrected chi connectivity index (χ4v) is 0.926. The molecule has 0 amide bonds. The Hall–Kier alpha value is -1.49. The van der Waals surface area contributed by atoms with Crippen LogP contribution in [0.1, 0.15) is 5.69 Å². The lowest BCUT2D eigenvalue weighted by Gasteiger charge is -1.98. The number of likely N-dealkylation sites (N-methyl/N-ethyl adjacent to an activating group) is 1. The smallest absolute Gasteiger partial charge is 0.287 e. The molecule has 0 atom stereocenters. The van der Waals surface area contributed by atoms with E-state index < -0.39 is 4.92 Å². The maximum atomic E-state index is 10.3. The van der Waals surface area contributed by atoms with Crippen molar-refractivity contribution >= 4 is 5.69 Å². The molecule has 70 valence electrons. The summed E-state index contributed by atoms with van der Waals surface area (Å²) in [4.78, 5) is 13.8. The second-order valence-electron chi connectivity index (χ2n) is 2.62. The number of hydrogen-bond acceptors (Lipinski definition) is 4. The molecule has 13 heavy (non-hydrogen) atoms. The molecule has 0 bridgehead atoms. The van der Waals surface area contributed by atoms with E-state index in [1.165, 1.54) is 12.3 Å². The lowest BCUT2D eigenvalue weighted by Crippen LogP contribution is -2.11. The van der Waals surface area contributed by atoms with E-state index >= 15 is 0 Å². The van der Waals surface area contributed by atoms with Crippen molar-refractivity contribution in [3.8, 4) is 0 Å². The number of rotatable bonds is 4. The molecule has 0 unspecified atom stereocenters. The molecule has 1 N–H and O–H groups in total. The van der Waals surface area contributed by atoms with Gasteiger partial charge in [0, 0.05) is 24.7 Å². The highest BCUT2D eigenvalue weighted by molar-refractivity contribution is 5.26. The molecule has 1 aromatic heterocycles. The van der Waals surface area contributed by atoms with Gasteiger partial charge in [0.1, 0.15) is 6.20 Å². The minimum atomic E-state index is -0.450. The van der Waals surface area contributed by atoms with Crippen molar-refractivity contribution in [2.75, 3.05) is 13.6 Å². The standard InChI is InChI=1S/C8H11N3O2/c1-9-5-4-7-2-3-8(6-10-7)11(12)13/h2-3,6,9H,4-5H2,1H3. The molecule has 0 aliphatic heterocycles. The number of hydrogen-bond donors (Lipinski definition) is 1. The molecule has 5 nitrogen and oxygen atoms in total. The summed E-state index contributed by atoms with van der Waals surface area (Å²) in [6.07, 6.45) is 2.07. The first-order valence-electron chi connectivity index (χ1n) is 3.98. The second kappa shape index (κ2) is 4.51. The minimum Gasteiger partial charge on any atom is -0.319 e. The van der Waals surface area contributed by atoms with Crippen LogP contribution in [0.4, 0.5) is 5.69 Å². The summed E-state index contributed by atoms with van der Waals surface area (Å²) in [5.41, 5.74) is 0.896. The van der Waals surface area contributed by atoms with E-state index in [-0.39, 0.29) is 5.69 Å². The van der Waals surface area contributed by atoms with Crippen LogP contribution < -0.4 is 5.32 Å². The molecule has 0 aliphatic carbocycles. The van der Waals surface area contributed by atoms with E-state index in [0.29, 0.717) is 0 Å². The summed E-state index contributed by atoms with van der Waals surface area (Å²) in [6.45, 7) is 0.824. The third-order valence-corrected chi connectivity index (χ3v) is 1.65.